The monoisotopic (exact) mass is 233 g/mol. The molecule has 2 N–H and O–H groups in total. The summed E-state index contributed by atoms with van der Waals surface area (Å²) in [6.07, 6.45) is 0. The van der Waals surface area contributed by atoms with Crippen LogP contribution in [0, 0.1) is 6.92 Å². The molecule has 17 heavy (non-hydrogen) atoms. The van der Waals surface area contributed by atoms with Gasteiger partial charge in [-0.3, -0.25) is 4.79 Å². The number of hydrogen-bond acceptors (Lipinski definition) is 5. The van der Waals surface area contributed by atoms with Crippen molar-refractivity contribution in [3.63, 3.8) is 0 Å². The van der Waals surface area contributed by atoms with E-state index in [1.165, 1.54) is 0 Å². The number of nitrogens with zero attached hydrogens (tertiary/aromatic N) is 2. The number of carbonyl (C=O) groups excluding carboxylic acids is 1. The Bertz CT molecular complexity index is 519. The Hall–Kier alpha value is -2.37. The highest BCUT2D eigenvalue weighted by molar-refractivity contribution is 5.75. The van der Waals surface area contributed by atoms with Crippen molar-refractivity contribution in [3.05, 3.63) is 30.2 Å². The second kappa shape index (κ2) is 4.65. The summed E-state index contributed by atoms with van der Waals surface area (Å²) in [6, 6.07) is 6.95. The summed E-state index contributed by atoms with van der Waals surface area (Å²) in [5, 5.41) is 7.62. The zero-order valence-electron chi connectivity index (χ0n) is 9.21. The molecular formula is C11H11N3O3. The molecule has 2 aromatic rings. The molecule has 0 unspecified atom stereocenters. The van der Waals surface area contributed by atoms with E-state index in [0.29, 0.717) is 17.5 Å². The number of aromatic nitrogens is 2. The van der Waals surface area contributed by atoms with Gasteiger partial charge in [-0.25, -0.2) is 0 Å². The van der Waals surface area contributed by atoms with Gasteiger partial charge in [0.15, 0.2) is 6.61 Å². The predicted octanol–water partition coefficient (Wildman–Crippen LogP) is 0.909. The van der Waals surface area contributed by atoms with Crippen LogP contribution in [0.2, 0.25) is 0 Å². The van der Waals surface area contributed by atoms with Crippen molar-refractivity contribution in [3.8, 4) is 17.2 Å². The number of nitrogens with two attached hydrogens (primary N) is 1. The first-order valence-corrected chi connectivity index (χ1v) is 4.97. The van der Waals surface area contributed by atoms with Crippen molar-refractivity contribution in [2.75, 3.05) is 6.61 Å². The minimum Gasteiger partial charge on any atom is -0.484 e. The largest absolute Gasteiger partial charge is 0.484 e. The van der Waals surface area contributed by atoms with Crippen molar-refractivity contribution in [1.82, 2.24) is 10.2 Å². The number of rotatable bonds is 4. The maximum absolute atomic E-state index is 10.5. The predicted molar refractivity (Wildman–Crippen MR) is 59.2 cm³/mol. The van der Waals surface area contributed by atoms with E-state index < -0.39 is 5.91 Å². The maximum atomic E-state index is 10.5. The minimum absolute atomic E-state index is 0.140. The van der Waals surface area contributed by atoms with Crippen molar-refractivity contribution in [2.24, 2.45) is 5.73 Å². The number of hydrogen-bond donors (Lipinski definition) is 1. The average molecular weight is 233 g/mol. The van der Waals surface area contributed by atoms with Crippen molar-refractivity contribution in [1.29, 1.82) is 0 Å². The quantitative estimate of drug-likeness (QED) is 0.847. The van der Waals surface area contributed by atoms with E-state index in [2.05, 4.69) is 10.2 Å². The van der Waals surface area contributed by atoms with E-state index in [1.807, 2.05) is 0 Å². The highest BCUT2D eigenvalue weighted by Crippen LogP contribution is 2.20. The van der Waals surface area contributed by atoms with Gasteiger partial charge in [-0.2, -0.15) is 0 Å². The van der Waals surface area contributed by atoms with E-state index in [-0.39, 0.29) is 6.61 Å². The summed E-state index contributed by atoms with van der Waals surface area (Å²) >= 11 is 0. The molecule has 0 saturated carbocycles. The van der Waals surface area contributed by atoms with Gasteiger partial charge in [-0.05, 0) is 24.3 Å². The molecule has 0 saturated heterocycles. The van der Waals surface area contributed by atoms with Crippen LogP contribution in [0.15, 0.2) is 28.7 Å². The Morgan fingerprint density at radius 1 is 1.35 bits per heavy atom. The van der Waals surface area contributed by atoms with Gasteiger partial charge in [0.2, 0.25) is 11.8 Å². The summed E-state index contributed by atoms with van der Waals surface area (Å²) in [4.78, 5) is 10.5. The maximum Gasteiger partial charge on any atom is 0.255 e. The van der Waals surface area contributed by atoms with E-state index in [1.54, 1.807) is 31.2 Å². The molecule has 1 amide bonds. The third-order valence-corrected chi connectivity index (χ3v) is 2.01. The summed E-state index contributed by atoms with van der Waals surface area (Å²) in [5.41, 5.74) is 5.76. The van der Waals surface area contributed by atoms with Crippen molar-refractivity contribution < 1.29 is 13.9 Å². The summed E-state index contributed by atoms with van der Waals surface area (Å²) in [5.74, 6) is 1.00. The van der Waals surface area contributed by atoms with E-state index in [4.69, 9.17) is 14.9 Å². The Morgan fingerprint density at radius 2 is 2.06 bits per heavy atom. The lowest BCUT2D eigenvalue weighted by Crippen LogP contribution is -2.19. The molecule has 6 nitrogen and oxygen atoms in total. The van der Waals surface area contributed by atoms with Gasteiger partial charge in [-0.15, -0.1) is 10.2 Å². The average Bonchev–Trinajstić information content (AvgIpc) is 2.74. The fourth-order valence-electron chi connectivity index (χ4n) is 1.26. The SMILES string of the molecule is Cc1nnc(-c2ccc(OCC(N)=O)cc2)o1. The van der Waals surface area contributed by atoms with Crippen LogP contribution in [0.1, 0.15) is 5.89 Å². The van der Waals surface area contributed by atoms with E-state index in [9.17, 15) is 4.79 Å². The highest BCUT2D eigenvalue weighted by atomic mass is 16.5. The molecule has 0 fully saturated rings. The van der Waals surface area contributed by atoms with Crippen LogP contribution in [0.5, 0.6) is 5.75 Å². The van der Waals surface area contributed by atoms with Crippen LogP contribution >= 0.6 is 0 Å². The molecule has 88 valence electrons. The summed E-state index contributed by atoms with van der Waals surface area (Å²) in [7, 11) is 0. The minimum atomic E-state index is -0.512. The molecule has 0 aliphatic carbocycles. The molecule has 0 aliphatic heterocycles. The normalized spacial score (nSPS) is 10.2. The van der Waals surface area contributed by atoms with Gasteiger partial charge >= 0.3 is 0 Å². The Morgan fingerprint density at radius 3 is 2.59 bits per heavy atom. The van der Waals surface area contributed by atoms with Crippen LogP contribution in [0.3, 0.4) is 0 Å². The molecule has 2 rings (SSSR count). The third kappa shape index (κ3) is 2.81. The first-order valence-electron chi connectivity index (χ1n) is 4.97. The van der Waals surface area contributed by atoms with Gasteiger partial charge in [-0.1, -0.05) is 0 Å². The number of aryl methyl sites for hydroxylation is 1. The molecule has 0 aliphatic rings. The first-order chi connectivity index (χ1) is 8.15. The van der Waals surface area contributed by atoms with Gasteiger partial charge in [0.1, 0.15) is 5.75 Å². The summed E-state index contributed by atoms with van der Waals surface area (Å²) in [6.45, 7) is 1.58. The van der Waals surface area contributed by atoms with E-state index >= 15 is 0 Å². The lowest BCUT2D eigenvalue weighted by atomic mass is 10.2. The third-order valence-electron chi connectivity index (χ3n) is 2.01. The highest BCUT2D eigenvalue weighted by Gasteiger charge is 2.05. The lowest BCUT2D eigenvalue weighted by molar-refractivity contribution is -0.119. The fourth-order valence-corrected chi connectivity index (χ4v) is 1.26. The van der Waals surface area contributed by atoms with Crippen LogP contribution in [-0.4, -0.2) is 22.7 Å². The second-order valence-corrected chi connectivity index (χ2v) is 3.41. The zero-order valence-corrected chi connectivity index (χ0v) is 9.21. The zero-order chi connectivity index (χ0) is 12.3. The fraction of sp³-hybridized carbons (Fsp3) is 0.182. The van der Waals surface area contributed by atoms with Gasteiger partial charge in [0, 0.05) is 12.5 Å². The van der Waals surface area contributed by atoms with Crippen molar-refractivity contribution in [2.45, 2.75) is 6.92 Å². The van der Waals surface area contributed by atoms with Gasteiger partial charge in [0.05, 0.1) is 0 Å². The topological polar surface area (TPSA) is 91.2 Å². The van der Waals surface area contributed by atoms with Crippen LogP contribution in [0.4, 0.5) is 0 Å². The molecule has 1 heterocycles. The molecular weight excluding hydrogens is 222 g/mol. The molecule has 0 radical (unpaired) electrons. The number of primary amides is 1. The first kappa shape index (κ1) is 11.1. The molecule has 0 spiro atoms. The smallest absolute Gasteiger partial charge is 0.255 e. The molecule has 1 aromatic carbocycles. The van der Waals surface area contributed by atoms with Crippen molar-refractivity contribution >= 4 is 5.91 Å². The molecule has 0 bridgehead atoms. The number of ether oxygens (including phenoxy) is 1. The second-order valence-electron chi connectivity index (χ2n) is 3.41. The lowest BCUT2D eigenvalue weighted by Gasteiger charge is -2.03. The number of amides is 1. The Balaban J connectivity index is 2.10. The number of carbonyl (C=O) groups is 1. The van der Waals surface area contributed by atoms with Gasteiger partial charge < -0.3 is 14.9 Å². The van der Waals surface area contributed by atoms with Crippen LogP contribution in [0.25, 0.3) is 11.5 Å². The Labute approximate surface area is 97.4 Å². The van der Waals surface area contributed by atoms with Gasteiger partial charge in [0.25, 0.3) is 5.91 Å². The van der Waals surface area contributed by atoms with E-state index in [0.717, 1.165) is 5.56 Å². The molecule has 0 atom stereocenters. The van der Waals surface area contributed by atoms with Crippen LogP contribution < -0.4 is 10.5 Å². The van der Waals surface area contributed by atoms with Crippen LogP contribution in [-0.2, 0) is 4.79 Å². The number of benzene rings is 1. The summed E-state index contributed by atoms with van der Waals surface area (Å²) < 4.78 is 10.4. The Kier molecular flexibility index (Phi) is 3.04. The molecule has 6 heteroatoms. The molecule has 1 aromatic heterocycles. The standard InChI is InChI=1S/C11H11N3O3/c1-7-13-14-11(17-7)8-2-4-9(5-3-8)16-6-10(12)15/h2-5H,6H2,1H3,(H2,12,15).